The molecule has 0 aromatic heterocycles. The van der Waals surface area contributed by atoms with E-state index in [1.165, 1.54) is 11.1 Å². The quantitative estimate of drug-likeness (QED) is 0.763. The molecule has 0 aliphatic carbocycles. The molecule has 23 heavy (non-hydrogen) atoms. The van der Waals surface area contributed by atoms with Crippen LogP contribution in [0.4, 0.5) is 4.79 Å². The predicted molar refractivity (Wildman–Crippen MR) is 94.1 cm³/mol. The maximum atomic E-state index is 11.2. The smallest absolute Gasteiger partial charge is 0.407 e. The molecule has 0 unspecified atom stereocenters. The fourth-order valence-electron chi connectivity index (χ4n) is 2.48. The van der Waals surface area contributed by atoms with Crippen molar-refractivity contribution in [3.05, 3.63) is 28.3 Å². The van der Waals surface area contributed by atoms with E-state index in [4.69, 9.17) is 21.1 Å². The summed E-state index contributed by atoms with van der Waals surface area (Å²) < 4.78 is 10.7. The van der Waals surface area contributed by atoms with Crippen LogP contribution < -0.4 is 15.4 Å². The van der Waals surface area contributed by atoms with Crippen LogP contribution in [-0.2, 0) is 17.6 Å². The van der Waals surface area contributed by atoms with Crippen molar-refractivity contribution < 1.29 is 14.3 Å². The summed E-state index contributed by atoms with van der Waals surface area (Å²) in [6.07, 6.45) is 2.23. The van der Waals surface area contributed by atoms with Crippen LogP contribution in [0.3, 0.4) is 0 Å². The monoisotopic (exact) mass is 362 g/mol. The molecule has 0 fully saturated rings. The molecule has 7 heteroatoms. The normalized spacial score (nSPS) is 13.3. The third-order valence-electron chi connectivity index (χ3n) is 3.54. The maximum absolute atomic E-state index is 11.2. The molecule has 130 valence electrons. The van der Waals surface area contributed by atoms with Crippen molar-refractivity contribution in [3.63, 3.8) is 0 Å². The van der Waals surface area contributed by atoms with E-state index in [1.54, 1.807) is 6.92 Å². The van der Waals surface area contributed by atoms with Gasteiger partial charge in [-0.2, -0.15) is 0 Å². The Balaban J connectivity index is 0.00000264. The molecule has 1 amide bonds. The standard InChI is InChI=1S/C16H23ClN2O3.ClH/c1-2-21-16(20)19-8-3-11-22-15-13-7-10-18-9-6-12(13)4-5-14(15)17;/h4-5,18H,2-3,6-11H2,1H3,(H,19,20);1H. The summed E-state index contributed by atoms with van der Waals surface area (Å²) >= 11 is 6.28. The Kier molecular flexibility index (Phi) is 9.14. The Hall–Kier alpha value is -1.17. The van der Waals surface area contributed by atoms with Gasteiger partial charge in [0, 0.05) is 12.1 Å². The zero-order valence-corrected chi connectivity index (χ0v) is 14.9. The minimum absolute atomic E-state index is 0. The van der Waals surface area contributed by atoms with Gasteiger partial charge in [0.15, 0.2) is 0 Å². The van der Waals surface area contributed by atoms with E-state index in [1.807, 2.05) is 6.07 Å². The number of fused-ring (bicyclic) bond motifs is 1. The number of alkyl carbamates (subject to hydrolysis) is 1. The second-order valence-corrected chi connectivity index (χ2v) is 5.52. The number of hydrogen-bond acceptors (Lipinski definition) is 4. The minimum Gasteiger partial charge on any atom is -0.492 e. The van der Waals surface area contributed by atoms with Gasteiger partial charge in [-0.25, -0.2) is 4.79 Å². The number of carbonyl (C=O) groups excluding carboxylic acids is 1. The van der Waals surface area contributed by atoms with Crippen molar-refractivity contribution in [2.45, 2.75) is 26.2 Å². The molecule has 1 aliphatic rings. The number of benzene rings is 1. The number of halogens is 2. The molecule has 1 aromatic carbocycles. The van der Waals surface area contributed by atoms with E-state index in [2.05, 4.69) is 16.7 Å². The molecule has 2 rings (SSSR count). The van der Waals surface area contributed by atoms with Crippen molar-refractivity contribution in [3.8, 4) is 5.75 Å². The molecule has 5 nitrogen and oxygen atoms in total. The van der Waals surface area contributed by atoms with Crippen LogP contribution in [0.2, 0.25) is 5.02 Å². The molecule has 0 bridgehead atoms. The summed E-state index contributed by atoms with van der Waals surface area (Å²) in [5.74, 6) is 0.791. The van der Waals surface area contributed by atoms with Crippen LogP contribution in [0.5, 0.6) is 5.75 Å². The van der Waals surface area contributed by atoms with Gasteiger partial charge in [-0.1, -0.05) is 17.7 Å². The highest BCUT2D eigenvalue weighted by atomic mass is 35.5. The lowest BCUT2D eigenvalue weighted by Gasteiger charge is -2.15. The summed E-state index contributed by atoms with van der Waals surface area (Å²) in [4.78, 5) is 11.2. The molecule has 0 saturated heterocycles. The van der Waals surface area contributed by atoms with Crippen LogP contribution in [0.15, 0.2) is 12.1 Å². The fourth-order valence-corrected chi connectivity index (χ4v) is 2.72. The highest BCUT2D eigenvalue weighted by Crippen LogP contribution is 2.32. The molecule has 0 atom stereocenters. The molecule has 0 radical (unpaired) electrons. The van der Waals surface area contributed by atoms with Crippen LogP contribution >= 0.6 is 24.0 Å². The number of nitrogens with one attached hydrogen (secondary N) is 2. The first-order valence-corrected chi connectivity index (χ1v) is 8.14. The van der Waals surface area contributed by atoms with E-state index in [9.17, 15) is 4.79 Å². The van der Waals surface area contributed by atoms with Crippen LogP contribution in [0.25, 0.3) is 0 Å². The van der Waals surface area contributed by atoms with Crippen molar-refractivity contribution in [2.75, 3.05) is 32.8 Å². The van der Waals surface area contributed by atoms with Crippen molar-refractivity contribution in [1.29, 1.82) is 0 Å². The SMILES string of the molecule is CCOC(=O)NCCCOc1c(Cl)ccc2c1CCNCC2.Cl. The summed E-state index contributed by atoms with van der Waals surface area (Å²) in [5.41, 5.74) is 2.50. The first-order valence-electron chi connectivity index (χ1n) is 7.76. The van der Waals surface area contributed by atoms with Gasteiger partial charge < -0.3 is 20.1 Å². The van der Waals surface area contributed by atoms with Crippen molar-refractivity contribution >= 4 is 30.1 Å². The van der Waals surface area contributed by atoms with Gasteiger partial charge in [-0.05, 0) is 50.9 Å². The van der Waals surface area contributed by atoms with E-state index in [0.29, 0.717) is 31.2 Å². The number of carbonyl (C=O) groups is 1. The van der Waals surface area contributed by atoms with Crippen LogP contribution in [0.1, 0.15) is 24.5 Å². The van der Waals surface area contributed by atoms with E-state index < -0.39 is 0 Å². The predicted octanol–water partition coefficient (Wildman–Crippen LogP) is 2.97. The van der Waals surface area contributed by atoms with Crippen molar-refractivity contribution in [1.82, 2.24) is 10.6 Å². The molecule has 2 N–H and O–H groups in total. The number of ether oxygens (including phenoxy) is 2. The van der Waals surface area contributed by atoms with Gasteiger partial charge in [0.25, 0.3) is 0 Å². The number of rotatable bonds is 6. The molecule has 0 spiro atoms. The highest BCUT2D eigenvalue weighted by molar-refractivity contribution is 6.32. The zero-order valence-electron chi connectivity index (χ0n) is 13.3. The Bertz CT molecular complexity index is 512. The van der Waals surface area contributed by atoms with Gasteiger partial charge in [0.1, 0.15) is 5.75 Å². The first kappa shape index (κ1) is 19.9. The average molecular weight is 363 g/mol. The Morgan fingerprint density at radius 2 is 2.13 bits per heavy atom. The van der Waals surface area contributed by atoms with Gasteiger partial charge >= 0.3 is 6.09 Å². The van der Waals surface area contributed by atoms with Crippen molar-refractivity contribution in [2.24, 2.45) is 0 Å². The lowest BCUT2D eigenvalue weighted by atomic mass is 10.0. The molecule has 0 saturated carbocycles. The largest absolute Gasteiger partial charge is 0.492 e. The Labute approximate surface area is 148 Å². The van der Waals surface area contributed by atoms with E-state index >= 15 is 0 Å². The Morgan fingerprint density at radius 1 is 1.35 bits per heavy atom. The Morgan fingerprint density at radius 3 is 2.91 bits per heavy atom. The van der Waals surface area contributed by atoms with Gasteiger partial charge in [0.05, 0.1) is 18.2 Å². The van der Waals surface area contributed by atoms with Gasteiger partial charge in [0.2, 0.25) is 0 Å². The van der Waals surface area contributed by atoms with Gasteiger partial charge in [-0.3, -0.25) is 0 Å². The molecular weight excluding hydrogens is 339 g/mol. The summed E-state index contributed by atoms with van der Waals surface area (Å²) in [7, 11) is 0. The topological polar surface area (TPSA) is 59.6 Å². The lowest BCUT2D eigenvalue weighted by Crippen LogP contribution is -2.26. The first-order chi connectivity index (χ1) is 10.7. The average Bonchev–Trinajstić information content (AvgIpc) is 2.74. The third kappa shape index (κ3) is 6.09. The molecule has 1 aromatic rings. The third-order valence-corrected chi connectivity index (χ3v) is 3.84. The number of amides is 1. The van der Waals surface area contributed by atoms with E-state index in [0.717, 1.165) is 31.7 Å². The molecule has 1 heterocycles. The maximum Gasteiger partial charge on any atom is 0.407 e. The van der Waals surface area contributed by atoms with Gasteiger partial charge in [-0.15, -0.1) is 12.4 Å². The van der Waals surface area contributed by atoms with Crippen LogP contribution in [-0.4, -0.2) is 38.9 Å². The number of hydrogen-bond donors (Lipinski definition) is 2. The van der Waals surface area contributed by atoms with Crippen LogP contribution in [0, 0.1) is 0 Å². The fraction of sp³-hybridized carbons (Fsp3) is 0.562. The molecule has 1 aliphatic heterocycles. The summed E-state index contributed by atoms with van der Waals surface area (Å²) in [6, 6.07) is 3.98. The molecular formula is C16H24Cl2N2O3. The second-order valence-electron chi connectivity index (χ2n) is 5.11. The lowest BCUT2D eigenvalue weighted by molar-refractivity contribution is 0.151. The van der Waals surface area contributed by atoms with E-state index in [-0.39, 0.29) is 18.5 Å². The summed E-state index contributed by atoms with van der Waals surface area (Å²) in [5, 5.41) is 6.71. The second kappa shape index (κ2) is 10.6. The highest BCUT2D eigenvalue weighted by Gasteiger charge is 2.15. The minimum atomic E-state index is -0.389. The summed E-state index contributed by atoms with van der Waals surface area (Å²) in [6.45, 7) is 5.11. The zero-order chi connectivity index (χ0) is 15.8.